The highest BCUT2D eigenvalue weighted by atomic mass is 32.2. The maximum absolute atomic E-state index is 13.6. The summed E-state index contributed by atoms with van der Waals surface area (Å²) in [5.41, 5.74) is 2.30. The first-order valence-electron chi connectivity index (χ1n) is 9.55. The topological polar surface area (TPSA) is 29.5 Å². The third-order valence-corrected chi connectivity index (χ3v) is 6.52. The first-order valence-corrected chi connectivity index (χ1v) is 10.7. The van der Waals surface area contributed by atoms with Gasteiger partial charge in [-0.05, 0) is 50.8 Å². The molecule has 1 aliphatic heterocycles. The zero-order valence-corrected chi connectivity index (χ0v) is 17.2. The van der Waals surface area contributed by atoms with Crippen molar-refractivity contribution in [2.45, 2.75) is 57.1 Å². The molecule has 3 rings (SSSR count). The lowest BCUT2D eigenvalue weighted by Crippen LogP contribution is -2.44. The van der Waals surface area contributed by atoms with Crippen LogP contribution in [0.4, 0.5) is 0 Å². The van der Waals surface area contributed by atoms with E-state index in [1.807, 2.05) is 57.2 Å². The molecule has 1 heterocycles. The fourth-order valence-corrected chi connectivity index (χ4v) is 4.81. The summed E-state index contributed by atoms with van der Waals surface area (Å²) >= 11 is 0. The molecule has 0 spiro atoms. The Morgan fingerprint density at radius 3 is 2.26 bits per heavy atom. The Morgan fingerprint density at radius 2 is 1.70 bits per heavy atom. The van der Waals surface area contributed by atoms with Crippen LogP contribution < -0.4 is 0 Å². The van der Waals surface area contributed by atoms with Gasteiger partial charge in [-0.25, -0.2) is 8.51 Å². The van der Waals surface area contributed by atoms with Gasteiger partial charge in [0.2, 0.25) is 0 Å². The van der Waals surface area contributed by atoms with Gasteiger partial charge < -0.3 is 4.74 Å². The summed E-state index contributed by atoms with van der Waals surface area (Å²) in [4.78, 5) is 0. The van der Waals surface area contributed by atoms with E-state index in [0.29, 0.717) is 6.54 Å². The van der Waals surface area contributed by atoms with Crippen LogP contribution in [0.1, 0.15) is 50.8 Å². The van der Waals surface area contributed by atoms with E-state index >= 15 is 0 Å². The summed E-state index contributed by atoms with van der Waals surface area (Å²) in [5.74, 6) is 0. The van der Waals surface area contributed by atoms with E-state index < -0.39 is 11.0 Å². The number of hydrogen-bond acceptors (Lipinski definition) is 2. The number of allylic oxidation sites excluding steroid dienone is 1. The second kappa shape index (κ2) is 8.85. The summed E-state index contributed by atoms with van der Waals surface area (Å²) in [6.45, 7) is 6.72. The van der Waals surface area contributed by atoms with Crippen LogP contribution in [-0.2, 0) is 22.3 Å². The SMILES string of the molecule is CC(C)(C)S(=O)N(Cc1ccccc1)[C@H](c1ccccc1)[C@@H]1CCC=CO1. The van der Waals surface area contributed by atoms with E-state index in [2.05, 4.69) is 34.6 Å². The van der Waals surface area contributed by atoms with Crippen molar-refractivity contribution in [1.82, 2.24) is 4.31 Å². The summed E-state index contributed by atoms with van der Waals surface area (Å²) in [5, 5.41) is 0. The van der Waals surface area contributed by atoms with Crippen molar-refractivity contribution in [2.75, 3.05) is 0 Å². The van der Waals surface area contributed by atoms with E-state index in [0.717, 1.165) is 24.0 Å². The zero-order valence-electron chi connectivity index (χ0n) is 16.4. The first-order chi connectivity index (χ1) is 13.0. The predicted octanol–water partition coefficient (Wildman–Crippen LogP) is 5.38. The van der Waals surface area contributed by atoms with Gasteiger partial charge in [-0.2, -0.15) is 0 Å². The molecule has 2 aromatic rings. The minimum absolute atomic E-state index is 0.0209. The van der Waals surface area contributed by atoms with Crippen LogP contribution >= 0.6 is 0 Å². The number of benzene rings is 2. The lowest BCUT2D eigenvalue weighted by atomic mass is 9.96. The monoisotopic (exact) mass is 383 g/mol. The third-order valence-electron chi connectivity index (χ3n) is 4.69. The van der Waals surface area contributed by atoms with Crippen molar-refractivity contribution in [3.8, 4) is 0 Å². The summed E-state index contributed by atoms with van der Waals surface area (Å²) in [6.07, 6.45) is 5.73. The molecule has 2 aromatic carbocycles. The number of hydrogen-bond donors (Lipinski definition) is 0. The van der Waals surface area contributed by atoms with Crippen molar-refractivity contribution >= 4 is 11.0 Å². The molecule has 1 aliphatic rings. The fourth-order valence-electron chi connectivity index (χ4n) is 3.38. The largest absolute Gasteiger partial charge is 0.496 e. The predicted molar refractivity (Wildman–Crippen MR) is 112 cm³/mol. The van der Waals surface area contributed by atoms with Gasteiger partial charge in [0.1, 0.15) is 17.1 Å². The number of ether oxygens (including phenoxy) is 1. The van der Waals surface area contributed by atoms with Crippen molar-refractivity contribution in [3.05, 3.63) is 84.1 Å². The molecule has 0 saturated heterocycles. The van der Waals surface area contributed by atoms with Gasteiger partial charge in [-0.15, -0.1) is 0 Å². The molecular formula is C23H29NO2S. The van der Waals surface area contributed by atoms with Crippen LogP contribution in [0.15, 0.2) is 73.0 Å². The second-order valence-electron chi connectivity index (χ2n) is 7.90. The number of rotatable bonds is 6. The Kier molecular flexibility index (Phi) is 6.51. The molecule has 0 radical (unpaired) electrons. The maximum Gasteiger partial charge on any atom is 0.119 e. The first kappa shape index (κ1) is 19.8. The highest BCUT2D eigenvalue weighted by Gasteiger charge is 2.37. The Hall–Kier alpha value is -1.91. The molecule has 0 aliphatic carbocycles. The lowest BCUT2D eigenvalue weighted by molar-refractivity contribution is 0.0550. The number of nitrogens with zero attached hydrogens (tertiary/aromatic N) is 1. The van der Waals surface area contributed by atoms with E-state index in [1.54, 1.807) is 6.26 Å². The quantitative estimate of drug-likeness (QED) is 0.670. The molecule has 0 fully saturated rings. The smallest absolute Gasteiger partial charge is 0.119 e. The second-order valence-corrected chi connectivity index (χ2v) is 10.1. The van der Waals surface area contributed by atoms with Gasteiger partial charge >= 0.3 is 0 Å². The molecular weight excluding hydrogens is 354 g/mol. The van der Waals surface area contributed by atoms with Gasteiger partial charge in [-0.3, -0.25) is 0 Å². The zero-order chi connectivity index (χ0) is 19.3. The van der Waals surface area contributed by atoms with Crippen LogP contribution in [0.2, 0.25) is 0 Å². The molecule has 3 nitrogen and oxygen atoms in total. The molecule has 144 valence electrons. The van der Waals surface area contributed by atoms with Crippen LogP contribution in [0.25, 0.3) is 0 Å². The van der Waals surface area contributed by atoms with Crippen LogP contribution in [0.3, 0.4) is 0 Å². The molecule has 4 heteroatoms. The van der Waals surface area contributed by atoms with E-state index in [1.165, 1.54) is 0 Å². The normalized spacial score (nSPS) is 19.5. The van der Waals surface area contributed by atoms with Crippen molar-refractivity contribution in [2.24, 2.45) is 0 Å². The molecule has 27 heavy (non-hydrogen) atoms. The Bertz CT molecular complexity index is 768. The van der Waals surface area contributed by atoms with Crippen LogP contribution in [0.5, 0.6) is 0 Å². The lowest BCUT2D eigenvalue weighted by Gasteiger charge is -2.39. The molecule has 0 bridgehead atoms. The Balaban J connectivity index is 2.03. The molecule has 3 atom stereocenters. The van der Waals surface area contributed by atoms with E-state index in [-0.39, 0.29) is 16.9 Å². The molecule has 0 amide bonds. The highest BCUT2D eigenvalue weighted by Crippen LogP contribution is 2.35. The fraction of sp³-hybridized carbons (Fsp3) is 0.391. The molecule has 1 unspecified atom stereocenters. The van der Waals surface area contributed by atoms with E-state index in [9.17, 15) is 4.21 Å². The third kappa shape index (κ3) is 5.08. The van der Waals surface area contributed by atoms with Crippen molar-refractivity contribution in [1.29, 1.82) is 0 Å². The standard InChI is InChI=1S/C23H29NO2S/c1-23(2,3)27(25)24(18-19-12-6-4-7-13-19)22(20-14-8-5-9-15-20)21-16-10-11-17-26-21/h4-9,11-15,17,21-22H,10,16,18H2,1-3H3/t21-,22+,27?/m0/s1. The van der Waals surface area contributed by atoms with Crippen LogP contribution in [-0.4, -0.2) is 19.4 Å². The average Bonchev–Trinajstić information content (AvgIpc) is 2.69. The van der Waals surface area contributed by atoms with Gasteiger partial charge in [0.15, 0.2) is 0 Å². The Labute approximate surface area is 165 Å². The summed E-state index contributed by atoms with van der Waals surface area (Å²) in [6, 6.07) is 20.5. The van der Waals surface area contributed by atoms with Gasteiger partial charge in [-0.1, -0.05) is 60.7 Å². The van der Waals surface area contributed by atoms with Crippen molar-refractivity contribution in [3.63, 3.8) is 0 Å². The molecule has 0 N–H and O–H groups in total. The molecule has 0 saturated carbocycles. The average molecular weight is 384 g/mol. The van der Waals surface area contributed by atoms with Gasteiger partial charge in [0.05, 0.1) is 17.1 Å². The van der Waals surface area contributed by atoms with Crippen LogP contribution in [0, 0.1) is 0 Å². The Morgan fingerprint density at radius 1 is 1.07 bits per heavy atom. The van der Waals surface area contributed by atoms with E-state index in [4.69, 9.17) is 4.74 Å². The highest BCUT2D eigenvalue weighted by molar-refractivity contribution is 7.84. The van der Waals surface area contributed by atoms with Crippen molar-refractivity contribution < 1.29 is 8.95 Å². The van der Waals surface area contributed by atoms with Gasteiger partial charge in [0, 0.05) is 6.54 Å². The minimum Gasteiger partial charge on any atom is -0.496 e. The van der Waals surface area contributed by atoms with Gasteiger partial charge in [0.25, 0.3) is 0 Å². The maximum atomic E-state index is 13.6. The minimum atomic E-state index is -1.18. The summed E-state index contributed by atoms with van der Waals surface area (Å²) in [7, 11) is -1.18. The summed E-state index contributed by atoms with van der Waals surface area (Å²) < 4.78 is 21.4. The molecule has 0 aromatic heterocycles.